The lowest BCUT2D eigenvalue weighted by Gasteiger charge is -2.18. The Morgan fingerprint density at radius 3 is 2.69 bits per heavy atom. The molecule has 0 spiro atoms. The third-order valence-corrected chi connectivity index (χ3v) is 4.82. The Morgan fingerprint density at radius 1 is 1.31 bits per heavy atom. The molecule has 0 saturated carbocycles. The zero-order valence-corrected chi connectivity index (χ0v) is 15.4. The molecule has 1 aliphatic heterocycles. The van der Waals surface area contributed by atoms with Crippen LogP contribution in [0, 0.1) is 13.8 Å². The van der Waals surface area contributed by atoms with E-state index < -0.39 is 0 Å². The van der Waals surface area contributed by atoms with Crippen LogP contribution in [0.2, 0.25) is 0 Å². The molecular weight excluding hydrogens is 332 g/mol. The first-order valence-corrected chi connectivity index (χ1v) is 8.68. The number of aryl methyl sites for hydroxylation is 1. The molecule has 138 valence electrons. The maximum absolute atomic E-state index is 12.2. The van der Waals surface area contributed by atoms with Crippen molar-refractivity contribution in [1.29, 1.82) is 0 Å². The third kappa shape index (κ3) is 3.94. The van der Waals surface area contributed by atoms with Crippen molar-refractivity contribution in [1.82, 2.24) is 9.55 Å². The van der Waals surface area contributed by atoms with E-state index in [9.17, 15) is 9.59 Å². The van der Waals surface area contributed by atoms with Gasteiger partial charge in [0.15, 0.2) is 0 Å². The molecule has 7 heteroatoms. The van der Waals surface area contributed by atoms with Crippen molar-refractivity contribution in [3.8, 4) is 0 Å². The van der Waals surface area contributed by atoms with Crippen LogP contribution in [-0.2, 0) is 16.1 Å². The average Bonchev–Trinajstić information content (AvgIpc) is 3.12. The van der Waals surface area contributed by atoms with Crippen molar-refractivity contribution >= 4 is 17.3 Å². The number of rotatable bonds is 5. The number of hydrogen-bond donors (Lipinski definition) is 1. The van der Waals surface area contributed by atoms with Crippen molar-refractivity contribution in [2.45, 2.75) is 32.9 Å². The molecule has 3 rings (SSSR count). The zero-order valence-electron chi connectivity index (χ0n) is 15.4. The molecule has 1 atom stereocenters. The van der Waals surface area contributed by atoms with Gasteiger partial charge in [0.05, 0.1) is 12.4 Å². The highest BCUT2D eigenvalue weighted by molar-refractivity contribution is 5.90. The SMILES string of the molecule is COC1CCN(c2ccc(NC(=O)Cn3cnc(C)c(C)c3=O)cc2)C1. The van der Waals surface area contributed by atoms with E-state index in [4.69, 9.17) is 4.74 Å². The van der Waals surface area contributed by atoms with Gasteiger partial charge in [0.25, 0.3) is 5.56 Å². The predicted octanol–water partition coefficient (Wildman–Crippen LogP) is 1.72. The van der Waals surface area contributed by atoms with Crippen LogP contribution in [0.4, 0.5) is 11.4 Å². The molecule has 1 N–H and O–H groups in total. The van der Waals surface area contributed by atoms with Gasteiger partial charge >= 0.3 is 0 Å². The fourth-order valence-corrected chi connectivity index (χ4v) is 3.05. The number of aromatic nitrogens is 2. The number of hydrogen-bond acceptors (Lipinski definition) is 5. The number of amides is 1. The average molecular weight is 356 g/mol. The number of methoxy groups -OCH3 is 1. The summed E-state index contributed by atoms with van der Waals surface area (Å²) in [5.41, 5.74) is 2.86. The largest absolute Gasteiger partial charge is 0.380 e. The molecule has 0 radical (unpaired) electrons. The summed E-state index contributed by atoms with van der Waals surface area (Å²) in [5, 5.41) is 2.82. The third-order valence-electron chi connectivity index (χ3n) is 4.82. The Bertz CT molecular complexity index is 845. The van der Waals surface area contributed by atoms with Gasteiger partial charge in [0, 0.05) is 42.8 Å². The number of ether oxygens (including phenoxy) is 1. The van der Waals surface area contributed by atoms with Gasteiger partial charge < -0.3 is 15.0 Å². The van der Waals surface area contributed by atoms with Gasteiger partial charge in [0.2, 0.25) is 5.91 Å². The summed E-state index contributed by atoms with van der Waals surface area (Å²) in [5.74, 6) is -0.259. The van der Waals surface area contributed by atoms with Crippen LogP contribution in [0.1, 0.15) is 17.7 Å². The molecule has 0 bridgehead atoms. The molecular formula is C19H24N4O3. The first kappa shape index (κ1) is 18.1. The fraction of sp³-hybridized carbons (Fsp3) is 0.421. The summed E-state index contributed by atoms with van der Waals surface area (Å²) < 4.78 is 6.71. The first-order chi connectivity index (χ1) is 12.5. The molecule has 1 aromatic heterocycles. The predicted molar refractivity (Wildman–Crippen MR) is 101 cm³/mol. The number of anilines is 2. The first-order valence-electron chi connectivity index (χ1n) is 8.68. The molecule has 26 heavy (non-hydrogen) atoms. The van der Waals surface area contributed by atoms with Crippen LogP contribution in [0.15, 0.2) is 35.4 Å². The standard InChI is InChI=1S/C19H24N4O3/c1-13-14(2)20-12-23(19(13)25)11-18(24)21-15-4-6-16(7-5-15)22-9-8-17(10-22)26-3/h4-7,12,17H,8-11H2,1-3H3,(H,21,24). The van der Waals surface area contributed by atoms with E-state index in [2.05, 4.69) is 15.2 Å². The van der Waals surface area contributed by atoms with Crippen molar-refractivity contribution in [3.05, 3.63) is 52.2 Å². The number of benzene rings is 1. The van der Waals surface area contributed by atoms with E-state index in [1.165, 1.54) is 10.9 Å². The normalized spacial score (nSPS) is 16.7. The molecule has 1 saturated heterocycles. The topological polar surface area (TPSA) is 76.5 Å². The Kier molecular flexibility index (Phi) is 5.37. The maximum Gasteiger partial charge on any atom is 0.256 e. The van der Waals surface area contributed by atoms with E-state index in [0.717, 1.165) is 25.2 Å². The van der Waals surface area contributed by atoms with Gasteiger partial charge in [-0.25, -0.2) is 4.98 Å². The van der Waals surface area contributed by atoms with Crippen molar-refractivity contribution < 1.29 is 9.53 Å². The summed E-state index contributed by atoms with van der Waals surface area (Å²) in [6.45, 7) is 5.27. The highest BCUT2D eigenvalue weighted by Crippen LogP contribution is 2.23. The minimum atomic E-state index is -0.259. The molecule has 1 fully saturated rings. The number of carbonyl (C=O) groups is 1. The van der Waals surface area contributed by atoms with Crippen molar-refractivity contribution in [2.24, 2.45) is 0 Å². The van der Waals surface area contributed by atoms with Gasteiger partial charge in [-0.1, -0.05) is 0 Å². The Labute approximate surface area is 152 Å². The van der Waals surface area contributed by atoms with E-state index >= 15 is 0 Å². The molecule has 0 aliphatic carbocycles. The highest BCUT2D eigenvalue weighted by Gasteiger charge is 2.22. The highest BCUT2D eigenvalue weighted by atomic mass is 16.5. The summed E-state index contributed by atoms with van der Waals surface area (Å²) in [4.78, 5) is 30.8. The number of nitrogens with one attached hydrogen (secondary N) is 1. The molecule has 1 aliphatic rings. The molecule has 1 aromatic carbocycles. The van der Waals surface area contributed by atoms with E-state index in [-0.39, 0.29) is 24.1 Å². The Balaban J connectivity index is 1.61. The summed E-state index contributed by atoms with van der Waals surface area (Å²) in [7, 11) is 1.74. The summed E-state index contributed by atoms with van der Waals surface area (Å²) in [6, 6.07) is 7.71. The maximum atomic E-state index is 12.2. The van der Waals surface area contributed by atoms with Crippen LogP contribution in [0.25, 0.3) is 0 Å². The van der Waals surface area contributed by atoms with Crippen LogP contribution >= 0.6 is 0 Å². The minimum Gasteiger partial charge on any atom is -0.380 e. The van der Waals surface area contributed by atoms with Gasteiger partial charge in [-0.15, -0.1) is 0 Å². The monoisotopic (exact) mass is 356 g/mol. The number of nitrogens with zero attached hydrogens (tertiary/aromatic N) is 3. The van der Waals surface area contributed by atoms with E-state index in [1.54, 1.807) is 21.0 Å². The minimum absolute atomic E-state index is 0.0592. The van der Waals surface area contributed by atoms with Crippen LogP contribution < -0.4 is 15.8 Å². The summed E-state index contributed by atoms with van der Waals surface area (Å²) in [6.07, 6.45) is 2.71. The Hall–Kier alpha value is -2.67. The van der Waals surface area contributed by atoms with Crippen LogP contribution in [0.3, 0.4) is 0 Å². The smallest absolute Gasteiger partial charge is 0.256 e. The van der Waals surface area contributed by atoms with Gasteiger partial charge in [-0.05, 0) is 44.5 Å². The second kappa shape index (κ2) is 7.70. The lowest BCUT2D eigenvalue weighted by molar-refractivity contribution is -0.116. The van der Waals surface area contributed by atoms with Gasteiger partial charge in [-0.2, -0.15) is 0 Å². The molecule has 2 heterocycles. The van der Waals surface area contributed by atoms with Crippen molar-refractivity contribution in [2.75, 3.05) is 30.4 Å². The van der Waals surface area contributed by atoms with E-state index in [1.807, 2.05) is 24.3 Å². The van der Waals surface area contributed by atoms with Crippen LogP contribution in [0.5, 0.6) is 0 Å². The fourth-order valence-electron chi connectivity index (χ4n) is 3.05. The molecule has 1 unspecified atom stereocenters. The molecule has 1 amide bonds. The summed E-state index contributed by atoms with van der Waals surface area (Å²) >= 11 is 0. The van der Waals surface area contributed by atoms with Gasteiger partial charge in [0.1, 0.15) is 6.54 Å². The quantitative estimate of drug-likeness (QED) is 0.883. The second-order valence-corrected chi connectivity index (χ2v) is 6.58. The van der Waals surface area contributed by atoms with Crippen LogP contribution in [-0.4, -0.2) is 41.8 Å². The Morgan fingerprint density at radius 2 is 2.04 bits per heavy atom. The lowest BCUT2D eigenvalue weighted by Crippen LogP contribution is -2.29. The van der Waals surface area contributed by atoms with Gasteiger partial charge in [-0.3, -0.25) is 14.2 Å². The lowest BCUT2D eigenvalue weighted by atomic mass is 10.2. The number of carbonyl (C=O) groups excluding carboxylic acids is 1. The van der Waals surface area contributed by atoms with Crippen molar-refractivity contribution in [3.63, 3.8) is 0 Å². The zero-order chi connectivity index (χ0) is 18.7. The molecule has 2 aromatic rings. The van der Waals surface area contributed by atoms with E-state index in [0.29, 0.717) is 16.9 Å². The second-order valence-electron chi connectivity index (χ2n) is 6.58. The molecule has 7 nitrogen and oxygen atoms in total.